The van der Waals surface area contributed by atoms with Crippen LogP contribution < -0.4 is 76.7 Å². The molecule has 0 bridgehead atoms. The van der Waals surface area contributed by atoms with Crippen molar-refractivity contribution in [2.45, 2.75) is 37.8 Å². The van der Waals surface area contributed by atoms with Gasteiger partial charge in [0.15, 0.2) is 0 Å². The fraction of sp³-hybridized carbons (Fsp3) is 0.378. The van der Waals surface area contributed by atoms with Gasteiger partial charge in [-0.1, -0.05) is 36.4 Å². The van der Waals surface area contributed by atoms with Crippen LogP contribution in [0.3, 0.4) is 0 Å². The highest BCUT2D eigenvalue weighted by Gasteiger charge is 2.30. The molecular weight excluding hydrogens is 1520 g/mol. The van der Waals surface area contributed by atoms with Crippen molar-refractivity contribution in [1.82, 2.24) is 79.4 Å². The van der Waals surface area contributed by atoms with Gasteiger partial charge in [-0.25, -0.2) is 0 Å². The molecule has 0 atom stereocenters. The predicted molar refractivity (Wildman–Crippen MR) is 473 cm³/mol. The van der Waals surface area contributed by atoms with Crippen LogP contribution in [0.5, 0.6) is 17.6 Å². The van der Waals surface area contributed by atoms with Crippen molar-refractivity contribution in [1.29, 1.82) is 0 Å². The van der Waals surface area contributed by atoms with Crippen molar-refractivity contribution < 1.29 is 27.9 Å². The van der Waals surface area contributed by atoms with Gasteiger partial charge in [0.25, 0.3) is 0 Å². The molecule has 3 aromatic carbocycles. The maximum absolute atomic E-state index is 12.9. The van der Waals surface area contributed by atoms with E-state index in [-0.39, 0.29) is 0 Å². The molecule has 4 aliphatic heterocycles. The number of hydrogen-bond donors (Lipinski definition) is 9. The molecule has 0 amide bonds. The van der Waals surface area contributed by atoms with Crippen LogP contribution in [0.4, 0.5) is 86.9 Å². The second kappa shape index (κ2) is 35.7. The number of piperazine rings is 2. The molecule has 4 saturated heterocycles. The third-order valence-corrected chi connectivity index (χ3v) is 26.2. The van der Waals surface area contributed by atoms with Crippen molar-refractivity contribution in [3.05, 3.63) is 146 Å². The smallest absolute Gasteiger partial charge is 0.239 e. The van der Waals surface area contributed by atoms with Gasteiger partial charge in [-0.2, -0.15) is 44.9 Å². The minimum absolute atomic E-state index is 0.383. The summed E-state index contributed by atoms with van der Waals surface area (Å²) in [7, 11) is 5.95. The summed E-state index contributed by atoms with van der Waals surface area (Å²) < 4.78 is 55.6. The number of ether oxygens (including phenoxy) is 3. The lowest BCUT2D eigenvalue weighted by atomic mass is 10.0. The van der Waals surface area contributed by atoms with Gasteiger partial charge in [-0.3, -0.25) is 4.90 Å². The first-order valence-corrected chi connectivity index (χ1v) is 46.9. The highest BCUT2D eigenvalue weighted by atomic mass is 31.2. The standard InChI is InChI=1S/C30H40N9O2P.C27H35N8O2P.C25H31N8O2P/c1-37-17-19-38(20-18-37)21-12-15-39(16-13-21)26-10-9-24(29(34-26)41-2)33-30-35-27-22(11-14-31-27)28(36-30)32-23-7-5-6-8-25(23)42(3,4)40;1-34(2)18-13-16-35(17-14-18)23-11-10-21(26(31-23)37-3)30-27-32-24-19(12-15-28-24)25(33-27)29-20-8-6-7-9-22(20)38(4,5)36;1-32-13-15-33(16-14-32)21-10-9-19(24(29-21)35-2)28-25-30-22-17(11-12-26-22)23(31-25)27-18-7-5-6-8-20(18)36(3,4)34/h5-11,14,21H,12-13,15-20H2,1-4H3,(H3,31,32,33,35,36);6-12,15,18H,13-14,16-17H2,1-5H3,(H3,28,29,30,32,33);5-12H,13-16H2,1-4H3,(H3,26,27,28,30,31). The van der Waals surface area contributed by atoms with Gasteiger partial charge >= 0.3 is 0 Å². The zero-order valence-corrected chi connectivity index (χ0v) is 71.0. The number of fused-ring (bicyclic) bond motifs is 3. The van der Waals surface area contributed by atoms with Gasteiger partial charge in [0.2, 0.25) is 35.5 Å². The fourth-order valence-electron chi connectivity index (χ4n) is 15.0. The zero-order chi connectivity index (χ0) is 81.4. The highest BCUT2D eigenvalue weighted by molar-refractivity contribution is 7.71. The van der Waals surface area contributed by atoms with Gasteiger partial charge in [0.1, 0.15) is 90.3 Å². The number of benzene rings is 3. The van der Waals surface area contributed by atoms with Gasteiger partial charge in [0.05, 0.1) is 54.6 Å². The minimum Gasteiger partial charge on any atom is -0.479 e. The van der Waals surface area contributed by atoms with Crippen molar-refractivity contribution in [3.8, 4) is 17.6 Å². The Hall–Kier alpha value is -10.9. The van der Waals surface area contributed by atoms with E-state index in [1.807, 2.05) is 146 Å². The third-order valence-electron chi connectivity index (χ3n) is 21.5. The van der Waals surface area contributed by atoms with Crippen LogP contribution in [0.25, 0.3) is 33.1 Å². The molecule has 0 radical (unpaired) electrons. The Kier molecular flexibility index (Phi) is 25.1. The summed E-state index contributed by atoms with van der Waals surface area (Å²) in [6, 6.07) is 41.7. The second-order valence-corrected chi connectivity index (χ2v) is 40.5. The number of nitrogens with zero attached hydrogens (tertiary/aromatic N) is 16. The molecule has 34 heteroatoms. The molecule has 9 aromatic heterocycles. The largest absolute Gasteiger partial charge is 0.479 e. The number of hydrogen-bond acceptors (Lipinski definition) is 28. The Balaban J connectivity index is 0.000000144. The van der Waals surface area contributed by atoms with E-state index in [0.717, 1.165) is 171 Å². The minimum atomic E-state index is -2.51. The molecule has 0 saturated carbocycles. The van der Waals surface area contributed by atoms with Gasteiger partial charge in [-0.05, 0) is 185 Å². The van der Waals surface area contributed by atoms with Crippen LogP contribution in [0.1, 0.15) is 25.7 Å². The van der Waals surface area contributed by atoms with Crippen LogP contribution in [0.2, 0.25) is 0 Å². The topological polar surface area (TPSA) is 337 Å². The molecule has 9 N–H and O–H groups in total. The molecule has 12 aromatic rings. The summed E-state index contributed by atoms with van der Waals surface area (Å²) in [6.45, 7) is 22.9. The lowest BCUT2D eigenvalue weighted by molar-refractivity contribution is 0.0981. The van der Waals surface area contributed by atoms with Crippen LogP contribution in [-0.4, -0.2) is 260 Å². The number of pyridine rings is 3. The Morgan fingerprint density at radius 2 is 0.672 bits per heavy atom. The monoisotopic (exact) mass is 1630 g/mol. The second-order valence-electron chi connectivity index (χ2n) is 31.0. The number of likely N-dealkylation sites (N-methyl/N-ethyl adjacent to an activating group) is 2. The first kappa shape index (κ1) is 81.7. The average molecular weight is 1630 g/mol. The summed E-state index contributed by atoms with van der Waals surface area (Å²) >= 11 is 0. The molecular formula is C82H106N25O6P3. The summed E-state index contributed by atoms with van der Waals surface area (Å²) in [5.41, 5.74) is 6.31. The predicted octanol–water partition coefficient (Wildman–Crippen LogP) is 12.8. The fourth-order valence-corrected chi connectivity index (χ4v) is 18.5. The van der Waals surface area contributed by atoms with Crippen LogP contribution in [-0.2, 0) is 13.7 Å². The van der Waals surface area contributed by atoms with E-state index in [1.54, 1.807) is 61.3 Å². The molecule has 0 spiro atoms. The number of anilines is 15. The number of aromatic amines is 3. The molecule has 4 fully saturated rings. The summed E-state index contributed by atoms with van der Waals surface area (Å²) in [6.07, 6.45) is 9.95. The molecule has 0 aliphatic carbocycles. The van der Waals surface area contributed by atoms with E-state index in [4.69, 9.17) is 44.1 Å². The normalized spacial score (nSPS) is 15.7. The number of para-hydroxylation sites is 3. The van der Waals surface area contributed by atoms with E-state index >= 15 is 0 Å². The van der Waals surface area contributed by atoms with Crippen molar-refractivity contribution in [2.24, 2.45) is 0 Å². The number of rotatable bonds is 23. The Morgan fingerprint density at radius 1 is 0.362 bits per heavy atom. The van der Waals surface area contributed by atoms with Gasteiger partial charge in [-0.15, -0.1) is 0 Å². The average Bonchev–Trinajstić information content (AvgIpc) is 1.48. The molecule has 0 unspecified atom stereocenters. The Morgan fingerprint density at radius 3 is 0.991 bits per heavy atom. The molecule has 31 nitrogen and oxygen atoms in total. The maximum Gasteiger partial charge on any atom is 0.239 e. The lowest BCUT2D eigenvalue weighted by Gasteiger charge is -2.42. The van der Waals surface area contributed by atoms with E-state index in [1.165, 1.54) is 0 Å². The quantitative estimate of drug-likeness (QED) is 0.0269. The number of nitrogens with one attached hydrogen (secondary N) is 9. The lowest BCUT2D eigenvalue weighted by Crippen LogP contribution is -2.52. The number of aromatic nitrogens is 12. The van der Waals surface area contributed by atoms with Crippen molar-refractivity contribution in [3.63, 3.8) is 0 Å². The highest BCUT2D eigenvalue weighted by Crippen LogP contribution is 2.43. The first-order chi connectivity index (χ1) is 55.8. The Labute approximate surface area is 677 Å². The number of piperidine rings is 2. The van der Waals surface area contributed by atoms with Crippen molar-refractivity contribution >= 4 is 157 Å². The molecule has 13 heterocycles. The maximum atomic E-state index is 12.9. The van der Waals surface area contributed by atoms with E-state index in [9.17, 15) is 13.7 Å². The molecule has 610 valence electrons. The summed E-state index contributed by atoms with van der Waals surface area (Å²) in [5.74, 6) is 7.10. The first-order valence-electron chi connectivity index (χ1n) is 39.1. The molecule has 4 aliphatic rings. The van der Waals surface area contributed by atoms with E-state index in [2.05, 4.69) is 124 Å². The van der Waals surface area contributed by atoms with E-state index in [0.29, 0.717) is 99.0 Å². The number of methoxy groups -OCH3 is 3. The van der Waals surface area contributed by atoms with Crippen LogP contribution in [0, 0.1) is 0 Å². The molecule has 16 rings (SSSR count). The number of H-pyrrole nitrogens is 3. The SMILES string of the molecule is COc1nc(N2CCC(N(C)C)CC2)ccc1Nc1nc(Nc2ccccc2P(C)(C)=O)c2cc[nH]c2n1.COc1nc(N2CCC(N3CCN(C)CC3)CC2)ccc1Nc1nc(Nc2ccccc2P(C)(C)=O)c2cc[nH]c2n1.COc1nc(N2CCN(C)CC2)ccc1Nc1nc(Nc2ccccc2P(C)(C)=O)c2cc[nH]c2n1. The van der Waals surface area contributed by atoms with Gasteiger partial charge < -0.3 is 104 Å². The summed E-state index contributed by atoms with van der Waals surface area (Å²) in [4.78, 5) is 68.7. The van der Waals surface area contributed by atoms with Crippen LogP contribution >= 0.6 is 21.4 Å². The van der Waals surface area contributed by atoms with E-state index < -0.39 is 21.4 Å². The molecule has 116 heavy (non-hydrogen) atoms. The summed E-state index contributed by atoms with van der Waals surface area (Å²) in [5, 5.41) is 24.8. The zero-order valence-electron chi connectivity index (χ0n) is 68.3. The van der Waals surface area contributed by atoms with Crippen molar-refractivity contribution in [2.75, 3.05) is 215 Å². The third kappa shape index (κ3) is 19.4. The Bertz CT molecular complexity index is 5560. The van der Waals surface area contributed by atoms with Crippen LogP contribution in [0.15, 0.2) is 146 Å². The van der Waals surface area contributed by atoms with Gasteiger partial charge in [0, 0.05) is 125 Å².